The van der Waals surface area contributed by atoms with E-state index in [2.05, 4.69) is 10.3 Å². The van der Waals surface area contributed by atoms with Gasteiger partial charge >= 0.3 is 0 Å². The fraction of sp³-hybridized carbons (Fsp3) is 0.286. The van der Waals surface area contributed by atoms with E-state index in [0.29, 0.717) is 30.2 Å². The molecule has 1 aromatic heterocycles. The zero-order valence-corrected chi connectivity index (χ0v) is 15.9. The van der Waals surface area contributed by atoms with E-state index in [4.69, 9.17) is 9.47 Å². The average Bonchev–Trinajstić information content (AvgIpc) is 3.43. The van der Waals surface area contributed by atoms with Gasteiger partial charge in [-0.15, -0.1) is 5.10 Å². The fourth-order valence-electron chi connectivity index (χ4n) is 3.56. The van der Waals surface area contributed by atoms with Gasteiger partial charge in [0.1, 0.15) is 5.69 Å². The predicted molar refractivity (Wildman–Crippen MR) is 105 cm³/mol. The second kappa shape index (κ2) is 7.72. The molecule has 1 unspecified atom stereocenters. The first-order valence-corrected chi connectivity index (χ1v) is 9.18. The van der Waals surface area contributed by atoms with E-state index >= 15 is 0 Å². The fourth-order valence-corrected chi connectivity index (χ4v) is 3.56. The standard InChI is InChI=1S/C21H22N4O3/c1-27-19-10-6-9-17(20(19)28-2)21(26)24-12-11-16(13-24)25-14-18(22-23-25)15-7-4-3-5-8-15/h3-10,14,16H,11-13H2,1-2H3. The van der Waals surface area contributed by atoms with Crippen LogP contribution < -0.4 is 9.47 Å². The van der Waals surface area contributed by atoms with Crippen molar-refractivity contribution >= 4 is 5.91 Å². The van der Waals surface area contributed by atoms with Crippen molar-refractivity contribution in [2.45, 2.75) is 12.5 Å². The van der Waals surface area contributed by atoms with Crippen LogP contribution in [0.5, 0.6) is 11.5 Å². The van der Waals surface area contributed by atoms with Crippen LogP contribution in [0.25, 0.3) is 11.3 Å². The molecule has 1 fully saturated rings. The van der Waals surface area contributed by atoms with Crippen LogP contribution in [-0.2, 0) is 0 Å². The number of benzene rings is 2. The number of amides is 1. The third-order valence-electron chi connectivity index (χ3n) is 5.04. The molecule has 0 aliphatic carbocycles. The third-order valence-corrected chi connectivity index (χ3v) is 5.04. The number of carbonyl (C=O) groups excluding carboxylic acids is 1. The Morgan fingerprint density at radius 1 is 1.07 bits per heavy atom. The van der Waals surface area contributed by atoms with Gasteiger partial charge in [0.15, 0.2) is 11.5 Å². The maximum Gasteiger partial charge on any atom is 0.257 e. The molecule has 0 bridgehead atoms. The van der Waals surface area contributed by atoms with Gasteiger partial charge in [0, 0.05) is 18.7 Å². The molecule has 0 N–H and O–H groups in total. The number of rotatable bonds is 5. The van der Waals surface area contributed by atoms with Crippen LogP contribution in [0.3, 0.4) is 0 Å². The van der Waals surface area contributed by atoms with Gasteiger partial charge in [-0.3, -0.25) is 4.79 Å². The molecule has 0 saturated carbocycles. The number of hydrogen-bond acceptors (Lipinski definition) is 5. The lowest BCUT2D eigenvalue weighted by Crippen LogP contribution is -2.29. The summed E-state index contributed by atoms with van der Waals surface area (Å²) in [5, 5.41) is 8.57. The Morgan fingerprint density at radius 3 is 2.64 bits per heavy atom. The Kier molecular flexibility index (Phi) is 4.97. The van der Waals surface area contributed by atoms with Crippen molar-refractivity contribution in [1.29, 1.82) is 0 Å². The molecule has 3 aromatic rings. The number of carbonyl (C=O) groups is 1. The van der Waals surface area contributed by atoms with Crippen LogP contribution in [0.15, 0.2) is 54.7 Å². The molecular formula is C21H22N4O3. The molecule has 1 saturated heterocycles. The molecule has 2 heterocycles. The minimum Gasteiger partial charge on any atom is -0.493 e. The van der Waals surface area contributed by atoms with Crippen LogP contribution in [0.2, 0.25) is 0 Å². The van der Waals surface area contributed by atoms with Crippen LogP contribution >= 0.6 is 0 Å². The summed E-state index contributed by atoms with van der Waals surface area (Å²) in [4.78, 5) is 14.9. The highest BCUT2D eigenvalue weighted by Gasteiger charge is 2.31. The first-order valence-electron chi connectivity index (χ1n) is 9.18. The molecule has 1 aliphatic heterocycles. The van der Waals surface area contributed by atoms with Crippen molar-refractivity contribution in [2.24, 2.45) is 0 Å². The van der Waals surface area contributed by atoms with Crippen molar-refractivity contribution in [3.8, 4) is 22.8 Å². The first-order chi connectivity index (χ1) is 13.7. The summed E-state index contributed by atoms with van der Waals surface area (Å²) in [7, 11) is 3.11. The van der Waals surface area contributed by atoms with E-state index in [-0.39, 0.29) is 11.9 Å². The van der Waals surface area contributed by atoms with Gasteiger partial charge in [0.05, 0.1) is 32.0 Å². The molecule has 0 spiro atoms. The van der Waals surface area contributed by atoms with E-state index in [1.165, 1.54) is 0 Å². The van der Waals surface area contributed by atoms with E-state index < -0.39 is 0 Å². The summed E-state index contributed by atoms with van der Waals surface area (Å²) in [5.41, 5.74) is 2.37. The van der Waals surface area contributed by atoms with Crippen LogP contribution in [0, 0.1) is 0 Å². The van der Waals surface area contributed by atoms with E-state index in [1.54, 1.807) is 32.4 Å². The summed E-state index contributed by atoms with van der Waals surface area (Å²) < 4.78 is 12.6. The molecule has 28 heavy (non-hydrogen) atoms. The number of nitrogens with zero attached hydrogens (tertiary/aromatic N) is 4. The van der Waals surface area contributed by atoms with Crippen LogP contribution in [0.1, 0.15) is 22.8 Å². The van der Waals surface area contributed by atoms with Crippen LogP contribution in [-0.4, -0.2) is 53.1 Å². The Morgan fingerprint density at radius 2 is 1.89 bits per heavy atom. The van der Waals surface area contributed by atoms with Gasteiger partial charge in [-0.05, 0) is 18.6 Å². The van der Waals surface area contributed by atoms with Gasteiger partial charge in [-0.2, -0.15) is 0 Å². The summed E-state index contributed by atoms with van der Waals surface area (Å²) in [6.45, 7) is 1.24. The normalized spacial score (nSPS) is 16.2. The maximum atomic E-state index is 13.0. The second-order valence-electron chi connectivity index (χ2n) is 6.68. The van der Waals surface area contributed by atoms with Crippen molar-refractivity contribution < 1.29 is 14.3 Å². The highest BCUT2D eigenvalue weighted by atomic mass is 16.5. The lowest BCUT2D eigenvalue weighted by atomic mass is 10.1. The highest BCUT2D eigenvalue weighted by molar-refractivity contribution is 5.98. The minimum absolute atomic E-state index is 0.0679. The number of para-hydroxylation sites is 1. The van der Waals surface area contributed by atoms with Gasteiger partial charge in [0.25, 0.3) is 5.91 Å². The van der Waals surface area contributed by atoms with Crippen molar-refractivity contribution in [3.05, 3.63) is 60.3 Å². The molecular weight excluding hydrogens is 356 g/mol. The molecule has 2 aromatic carbocycles. The van der Waals surface area contributed by atoms with Gasteiger partial charge in [-0.25, -0.2) is 4.68 Å². The van der Waals surface area contributed by atoms with Crippen molar-refractivity contribution in [2.75, 3.05) is 27.3 Å². The average molecular weight is 378 g/mol. The minimum atomic E-state index is -0.0679. The van der Waals surface area contributed by atoms with Gasteiger partial charge in [0.2, 0.25) is 0 Å². The third kappa shape index (κ3) is 3.31. The number of aromatic nitrogens is 3. The van der Waals surface area contributed by atoms with Gasteiger partial charge < -0.3 is 14.4 Å². The van der Waals surface area contributed by atoms with E-state index in [9.17, 15) is 4.79 Å². The lowest BCUT2D eigenvalue weighted by molar-refractivity contribution is 0.0783. The molecule has 0 radical (unpaired) electrons. The smallest absolute Gasteiger partial charge is 0.257 e. The Hall–Kier alpha value is -3.35. The topological polar surface area (TPSA) is 69.5 Å². The Labute approximate surface area is 163 Å². The molecule has 1 amide bonds. The van der Waals surface area contributed by atoms with Crippen molar-refractivity contribution in [3.63, 3.8) is 0 Å². The highest BCUT2D eigenvalue weighted by Crippen LogP contribution is 2.33. The zero-order valence-electron chi connectivity index (χ0n) is 15.9. The number of ether oxygens (including phenoxy) is 2. The summed E-state index contributed by atoms with van der Waals surface area (Å²) in [6, 6.07) is 15.4. The number of likely N-dealkylation sites (tertiary alicyclic amines) is 1. The summed E-state index contributed by atoms with van der Waals surface area (Å²) in [6.07, 6.45) is 2.77. The molecule has 4 rings (SSSR count). The zero-order chi connectivity index (χ0) is 19.5. The first kappa shape index (κ1) is 18.0. The summed E-state index contributed by atoms with van der Waals surface area (Å²) in [5.74, 6) is 0.945. The molecule has 1 aliphatic rings. The maximum absolute atomic E-state index is 13.0. The lowest BCUT2D eigenvalue weighted by Gasteiger charge is -2.19. The SMILES string of the molecule is COc1cccc(C(=O)N2CCC(n3cc(-c4ccccc4)nn3)C2)c1OC. The molecule has 7 nitrogen and oxygen atoms in total. The molecule has 1 atom stereocenters. The van der Waals surface area contributed by atoms with Crippen molar-refractivity contribution in [1.82, 2.24) is 19.9 Å². The Bertz CT molecular complexity index is 971. The number of methoxy groups -OCH3 is 2. The molecule has 144 valence electrons. The van der Waals surface area contributed by atoms with E-state index in [1.807, 2.05) is 46.1 Å². The monoisotopic (exact) mass is 378 g/mol. The summed E-state index contributed by atoms with van der Waals surface area (Å²) >= 11 is 0. The molecule has 7 heteroatoms. The Balaban J connectivity index is 1.51. The second-order valence-corrected chi connectivity index (χ2v) is 6.68. The van der Waals surface area contributed by atoms with E-state index in [0.717, 1.165) is 17.7 Å². The number of hydrogen-bond donors (Lipinski definition) is 0. The predicted octanol–water partition coefficient (Wildman–Crippen LogP) is 3.05. The largest absolute Gasteiger partial charge is 0.493 e. The van der Waals surface area contributed by atoms with Gasteiger partial charge in [-0.1, -0.05) is 41.6 Å². The quantitative estimate of drug-likeness (QED) is 0.683. The van der Waals surface area contributed by atoms with Crippen LogP contribution in [0.4, 0.5) is 0 Å².